The number of aromatic nitrogens is 1. The summed E-state index contributed by atoms with van der Waals surface area (Å²) in [6, 6.07) is 19.7. The molecule has 9 heteroatoms. The molecule has 0 spiro atoms. The van der Waals surface area contributed by atoms with Crippen LogP contribution in [0.5, 0.6) is 0 Å². The first-order valence-corrected chi connectivity index (χ1v) is 16.0. The number of rotatable bonds is 4. The minimum atomic E-state index is -3.72. The van der Waals surface area contributed by atoms with Gasteiger partial charge in [0.25, 0.3) is 5.91 Å². The zero-order chi connectivity index (χ0) is 30.6. The zero-order valence-corrected chi connectivity index (χ0v) is 25.7. The predicted molar refractivity (Wildman–Crippen MR) is 166 cm³/mol. The Bertz CT molecular complexity index is 1880. The molecule has 0 fully saturated rings. The molecule has 2 aliphatic rings. The van der Waals surface area contributed by atoms with Crippen LogP contribution < -0.4 is 5.73 Å². The van der Waals surface area contributed by atoms with E-state index in [1.165, 1.54) is 14.4 Å². The van der Waals surface area contributed by atoms with E-state index in [9.17, 15) is 18.0 Å². The van der Waals surface area contributed by atoms with Crippen LogP contribution in [-0.2, 0) is 36.0 Å². The van der Waals surface area contributed by atoms with Crippen LogP contribution in [0.25, 0.3) is 11.3 Å². The number of amides is 2. The molecule has 8 nitrogen and oxygen atoms in total. The van der Waals surface area contributed by atoms with E-state index in [2.05, 4.69) is 12.1 Å². The van der Waals surface area contributed by atoms with Crippen LogP contribution in [0, 0.1) is 20.8 Å². The van der Waals surface area contributed by atoms with Gasteiger partial charge in [-0.15, -0.1) is 0 Å². The molecule has 3 heterocycles. The molecular formula is C34H36N4O4S. The van der Waals surface area contributed by atoms with Crippen LogP contribution in [0.2, 0.25) is 0 Å². The Kier molecular flexibility index (Phi) is 7.26. The number of benzene rings is 3. The standard InChI is InChI=1S/C34H36N4O4S/c1-21-16-25-10-8-9-11-27(25)20-37(21)33(39)31-18-28-19-36(43(41,42)29-12-6-5-7-13-29)15-14-26(28)17-30(31)32-23(3)22(2)24(4)38(32)34(35)40/h5-13,17-18,21H,14-16,19-20H2,1-4H3,(H2,35,40)/t21-/m1/s1. The quantitative estimate of drug-likeness (QED) is 0.343. The second-order valence-corrected chi connectivity index (χ2v) is 13.6. The molecule has 222 valence electrons. The zero-order valence-electron chi connectivity index (χ0n) is 24.9. The van der Waals surface area contributed by atoms with Crippen molar-refractivity contribution in [3.63, 3.8) is 0 Å². The molecule has 3 aromatic carbocycles. The highest BCUT2D eigenvalue weighted by atomic mass is 32.2. The second kappa shape index (κ2) is 10.8. The summed E-state index contributed by atoms with van der Waals surface area (Å²) >= 11 is 0. The van der Waals surface area contributed by atoms with E-state index in [-0.39, 0.29) is 23.4 Å². The van der Waals surface area contributed by atoms with Gasteiger partial charge in [0.15, 0.2) is 0 Å². The van der Waals surface area contributed by atoms with E-state index in [1.807, 2.05) is 56.9 Å². The fourth-order valence-corrected chi connectivity index (χ4v) is 8.00. The lowest BCUT2D eigenvalue weighted by Crippen LogP contribution is -2.43. The Morgan fingerprint density at radius 2 is 1.51 bits per heavy atom. The normalized spacial score (nSPS) is 16.9. The maximum absolute atomic E-state index is 14.6. The SMILES string of the molecule is Cc1c(C)c(-c2cc3c(cc2C(=O)N2Cc4ccccc4C[C@H]2C)CN(S(=O)(=O)c2ccccc2)CC3)n(C(N)=O)c1C. The molecule has 1 aromatic heterocycles. The first-order chi connectivity index (χ1) is 20.5. The summed E-state index contributed by atoms with van der Waals surface area (Å²) in [5.74, 6) is -0.158. The minimum Gasteiger partial charge on any atom is -0.351 e. The van der Waals surface area contributed by atoms with Crippen LogP contribution in [0.1, 0.15) is 56.4 Å². The lowest BCUT2D eigenvalue weighted by molar-refractivity contribution is 0.0658. The van der Waals surface area contributed by atoms with Crippen molar-refractivity contribution < 1.29 is 18.0 Å². The van der Waals surface area contributed by atoms with Crippen LogP contribution in [0.4, 0.5) is 4.79 Å². The van der Waals surface area contributed by atoms with Gasteiger partial charge in [0, 0.05) is 42.5 Å². The highest BCUT2D eigenvalue weighted by Crippen LogP contribution is 2.38. The third-order valence-corrected chi connectivity index (χ3v) is 11.1. The Labute approximate surface area is 252 Å². The van der Waals surface area contributed by atoms with Crippen LogP contribution in [-0.4, -0.2) is 46.7 Å². The number of sulfonamides is 1. The lowest BCUT2D eigenvalue weighted by atomic mass is 9.89. The fraction of sp³-hybridized carbons (Fsp3) is 0.294. The third-order valence-electron chi connectivity index (χ3n) is 9.19. The number of primary amides is 1. The summed E-state index contributed by atoms with van der Waals surface area (Å²) in [5.41, 5.74) is 14.2. The average Bonchev–Trinajstić information content (AvgIpc) is 3.23. The van der Waals surface area contributed by atoms with Gasteiger partial charge < -0.3 is 10.6 Å². The minimum absolute atomic E-state index is 0.0475. The van der Waals surface area contributed by atoms with Gasteiger partial charge in [-0.3, -0.25) is 9.36 Å². The maximum Gasteiger partial charge on any atom is 0.323 e. The summed E-state index contributed by atoms with van der Waals surface area (Å²) < 4.78 is 30.0. The first-order valence-electron chi connectivity index (χ1n) is 14.6. The summed E-state index contributed by atoms with van der Waals surface area (Å²) in [4.78, 5) is 29.4. The van der Waals surface area contributed by atoms with Gasteiger partial charge in [-0.2, -0.15) is 4.31 Å². The fourth-order valence-electron chi connectivity index (χ4n) is 6.56. The van der Waals surface area contributed by atoms with Crippen molar-refractivity contribution in [2.45, 2.75) is 64.6 Å². The molecule has 1 atom stereocenters. The highest BCUT2D eigenvalue weighted by Gasteiger charge is 2.34. The van der Waals surface area contributed by atoms with E-state index in [0.717, 1.165) is 39.9 Å². The second-order valence-electron chi connectivity index (χ2n) is 11.7. The first kappa shape index (κ1) is 28.9. The number of hydrogen-bond donors (Lipinski definition) is 1. The molecule has 0 saturated heterocycles. The molecule has 0 saturated carbocycles. The number of fused-ring (bicyclic) bond motifs is 2. The van der Waals surface area contributed by atoms with Crippen molar-refractivity contribution in [1.82, 2.24) is 13.8 Å². The molecular weight excluding hydrogens is 560 g/mol. The molecule has 0 radical (unpaired) electrons. The molecule has 2 aliphatic heterocycles. The Morgan fingerprint density at radius 1 is 0.837 bits per heavy atom. The molecule has 0 aliphatic carbocycles. The van der Waals surface area contributed by atoms with Crippen molar-refractivity contribution >= 4 is 22.0 Å². The molecule has 2 amide bonds. The van der Waals surface area contributed by atoms with E-state index in [1.54, 1.807) is 30.3 Å². The predicted octanol–water partition coefficient (Wildman–Crippen LogP) is 5.34. The van der Waals surface area contributed by atoms with Crippen LogP contribution in [0.15, 0.2) is 71.6 Å². The Morgan fingerprint density at radius 3 is 2.21 bits per heavy atom. The van der Waals surface area contributed by atoms with Crippen molar-refractivity contribution in [1.29, 1.82) is 0 Å². The number of carbonyl (C=O) groups is 2. The van der Waals surface area contributed by atoms with E-state index in [0.29, 0.717) is 36.3 Å². The topological polar surface area (TPSA) is 106 Å². The van der Waals surface area contributed by atoms with Gasteiger partial charge in [0.2, 0.25) is 10.0 Å². The number of carbonyl (C=O) groups excluding carboxylic acids is 2. The Balaban J connectivity index is 1.50. The number of nitrogens with zero attached hydrogens (tertiary/aromatic N) is 3. The van der Waals surface area contributed by atoms with Crippen molar-refractivity contribution in [2.24, 2.45) is 5.73 Å². The molecule has 2 N–H and O–H groups in total. The molecule has 43 heavy (non-hydrogen) atoms. The number of hydrogen-bond acceptors (Lipinski definition) is 4. The summed E-state index contributed by atoms with van der Waals surface area (Å²) in [5, 5.41) is 0. The van der Waals surface area contributed by atoms with Gasteiger partial charge >= 0.3 is 6.03 Å². The summed E-state index contributed by atoms with van der Waals surface area (Å²) in [7, 11) is -3.72. The van der Waals surface area contributed by atoms with Crippen LogP contribution >= 0.6 is 0 Å². The van der Waals surface area contributed by atoms with Gasteiger partial charge in [-0.1, -0.05) is 42.5 Å². The van der Waals surface area contributed by atoms with E-state index >= 15 is 0 Å². The van der Waals surface area contributed by atoms with Gasteiger partial charge in [0.1, 0.15) is 0 Å². The monoisotopic (exact) mass is 596 g/mol. The summed E-state index contributed by atoms with van der Waals surface area (Å²) in [6.45, 7) is 8.72. The summed E-state index contributed by atoms with van der Waals surface area (Å²) in [6.07, 6.45) is 1.21. The highest BCUT2D eigenvalue weighted by molar-refractivity contribution is 7.89. The van der Waals surface area contributed by atoms with Crippen LogP contribution in [0.3, 0.4) is 0 Å². The number of nitrogens with two attached hydrogens (primary N) is 1. The largest absolute Gasteiger partial charge is 0.351 e. The Hall–Kier alpha value is -4.21. The maximum atomic E-state index is 14.6. The molecule has 4 aromatic rings. The molecule has 6 rings (SSSR count). The molecule has 0 bridgehead atoms. The molecule has 0 unspecified atom stereocenters. The lowest BCUT2D eigenvalue weighted by Gasteiger charge is -2.36. The van der Waals surface area contributed by atoms with E-state index in [4.69, 9.17) is 5.73 Å². The smallest absolute Gasteiger partial charge is 0.323 e. The van der Waals surface area contributed by atoms with Gasteiger partial charge in [-0.25, -0.2) is 13.2 Å². The third kappa shape index (κ3) is 4.86. The average molecular weight is 597 g/mol. The van der Waals surface area contributed by atoms with Crippen molar-refractivity contribution in [2.75, 3.05) is 6.54 Å². The van der Waals surface area contributed by atoms with E-state index < -0.39 is 16.1 Å². The van der Waals surface area contributed by atoms with Crippen molar-refractivity contribution in [3.8, 4) is 11.3 Å². The van der Waals surface area contributed by atoms with Gasteiger partial charge in [0.05, 0.1) is 10.6 Å². The van der Waals surface area contributed by atoms with Crippen molar-refractivity contribution in [3.05, 3.63) is 111 Å². The van der Waals surface area contributed by atoms with Gasteiger partial charge in [-0.05, 0) is 98.2 Å².